The molecule has 12 heavy (non-hydrogen) atoms. The Balaban J connectivity index is 3.27. The summed E-state index contributed by atoms with van der Waals surface area (Å²) >= 11 is 0. The van der Waals surface area contributed by atoms with Crippen LogP contribution < -0.4 is 20.7 Å². The first-order valence-corrected chi connectivity index (χ1v) is 5.08. The first kappa shape index (κ1) is 9.29. The highest BCUT2D eigenvalue weighted by Crippen LogP contribution is 2.09. The zero-order valence-electron chi connectivity index (χ0n) is 5.58. The van der Waals surface area contributed by atoms with Crippen LogP contribution in [0, 0.1) is 0 Å². The highest BCUT2D eigenvalue weighted by Gasteiger charge is 2.27. The Hall–Kier alpha value is -0.800. The Morgan fingerprint density at radius 3 is 1.58 bits per heavy atom. The summed E-state index contributed by atoms with van der Waals surface area (Å²) in [5, 5.41) is 0. The Morgan fingerprint density at radius 1 is 1.00 bits per heavy atom. The molecule has 0 aliphatic rings. The normalized spacial score (nSPS) is 12.5. The van der Waals surface area contributed by atoms with Gasteiger partial charge in [0.15, 0.2) is 0 Å². The van der Waals surface area contributed by atoms with Gasteiger partial charge in [-0.2, -0.15) is 0 Å². The molecule has 0 radical (unpaired) electrons. The number of rotatable bonds is 2. The van der Waals surface area contributed by atoms with E-state index in [1.165, 1.54) is 0 Å². The van der Waals surface area contributed by atoms with Crippen molar-refractivity contribution in [2.45, 2.75) is 0 Å². The van der Waals surface area contributed by atoms with Gasteiger partial charge in [-0.05, 0) is 0 Å². The molecule has 62 valence electrons. The van der Waals surface area contributed by atoms with Crippen LogP contribution in [0.5, 0.6) is 0 Å². The molecule has 0 fully saturated rings. The highest BCUT2D eigenvalue weighted by molar-refractivity contribution is 7.52. The van der Waals surface area contributed by atoms with Crippen molar-refractivity contribution in [2.24, 2.45) is 0 Å². The zero-order valence-corrected chi connectivity index (χ0v) is 7.37. The third-order valence-electron chi connectivity index (χ3n) is 1.01. The molecule has 0 amide bonds. The summed E-state index contributed by atoms with van der Waals surface area (Å²) in [6, 6.07) is 0. The molecule has 1 heterocycles. The molecule has 0 saturated carbocycles. The van der Waals surface area contributed by atoms with Gasteiger partial charge in [0, 0.05) is 0 Å². The SMILES string of the molecule is O=[P+]([O-])c1nccnc1[P+](=O)[O-]. The lowest BCUT2D eigenvalue weighted by Crippen LogP contribution is -2.29. The molecule has 0 aliphatic heterocycles. The number of nitrogens with zero attached hydrogens (tertiary/aromatic N) is 2. The van der Waals surface area contributed by atoms with Gasteiger partial charge < -0.3 is 9.79 Å². The van der Waals surface area contributed by atoms with Crippen molar-refractivity contribution in [3.05, 3.63) is 12.4 Å². The van der Waals surface area contributed by atoms with Crippen molar-refractivity contribution in [2.75, 3.05) is 0 Å². The molecule has 1 rings (SSSR count). The van der Waals surface area contributed by atoms with Gasteiger partial charge >= 0.3 is 26.9 Å². The van der Waals surface area contributed by atoms with Crippen LogP contribution in [-0.2, 0) is 9.13 Å². The lowest BCUT2D eigenvalue weighted by atomic mass is 10.8. The first-order valence-electron chi connectivity index (χ1n) is 2.72. The third-order valence-corrected chi connectivity index (χ3v) is 2.53. The molecule has 0 aromatic carbocycles. The van der Waals surface area contributed by atoms with Crippen LogP contribution in [0.2, 0.25) is 0 Å². The van der Waals surface area contributed by atoms with Crippen molar-refractivity contribution in [3.63, 3.8) is 0 Å². The molecule has 0 N–H and O–H groups in total. The summed E-state index contributed by atoms with van der Waals surface area (Å²) in [6.45, 7) is 0. The van der Waals surface area contributed by atoms with Crippen molar-refractivity contribution < 1.29 is 18.9 Å². The van der Waals surface area contributed by atoms with Crippen molar-refractivity contribution >= 4 is 26.9 Å². The van der Waals surface area contributed by atoms with Gasteiger partial charge in [0.2, 0.25) is 0 Å². The van der Waals surface area contributed by atoms with E-state index in [4.69, 9.17) is 0 Å². The lowest BCUT2D eigenvalue weighted by molar-refractivity contribution is -0.163. The van der Waals surface area contributed by atoms with E-state index in [0.717, 1.165) is 12.4 Å². The summed E-state index contributed by atoms with van der Waals surface area (Å²) in [4.78, 5) is 27.5. The van der Waals surface area contributed by atoms with Gasteiger partial charge in [-0.25, -0.2) is 9.97 Å². The van der Waals surface area contributed by atoms with Gasteiger partial charge in [-0.1, -0.05) is 9.13 Å². The Labute approximate surface area is 69.0 Å². The Kier molecular flexibility index (Phi) is 2.89. The van der Waals surface area contributed by atoms with E-state index >= 15 is 0 Å². The molecule has 0 bridgehead atoms. The number of hydrogen-bond acceptors (Lipinski definition) is 6. The molecule has 0 saturated heterocycles. The van der Waals surface area contributed by atoms with Gasteiger partial charge in [0.25, 0.3) is 0 Å². The zero-order chi connectivity index (χ0) is 9.14. The minimum absolute atomic E-state index is 0.511. The maximum atomic E-state index is 10.4. The van der Waals surface area contributed by atoms with Crippen LogP contribution in [0.15, 0.2) is 12.4 Å². The molecular formula is C4H2N2O4P2. The maximum absolute atomic E-state index is 10.4. The van der Waals surface area contributed by atoms with E-state index in [-0.39, 0.29) is 0 Å². The molecule has 8 heteroatoms. The highest BCUT2D eigenvalue weighted by atomic mass is 31.1. The van der Waals surface area contributed by atoms with E-state index < -0.39 is 26.9 Å². The van der Waals surface area contributed by atoms with Crippen LogP contribution in [0.1, 0.15) is 0 Å². The fourth-order valence-electron chi connectivity index (χ4n) is 0.581. The van der Waals surface area contributed by atoms with E-state index in [2.05, 4.69) is 9.97 Å². The third kappa shape index (κ3) is 1.87. The topological polar surface area (TPSA) is 106 Å². The van der Waals surface area contributed by atoms with E-state index in [0.29, 0.717) is 0 Å². The molecule has 1 aromatic rings. The fourth-order valence-corrected chi connectivity index (χ4v) is 1.83. The molecule has 0 spiro atoms. The van der Waals surface area contributed by atoms with E-state index in [9.17, 15) is 18.9 Å². The summed E-state index contributed by atoms with van der Waals surface area (Å²) in [5.41, 5.74) is -1.02. The molecule has 2 atom stereocenters. The van der Waals surface area contributed by atoms with Crippen LogP contribution in [0.4, 0.5) is 0 Å². The van der Waals surface area contributed by atoms with Crippen molar-refractivity contribution in [1.29, 1.82) is 0 Å². The molecule has 6 nitrogen and oxygen atoms in total. The largest absolute Gasteiger partial charge is 0.589 e. The van der Waals surface area contributed by atoms with Gasteiger partial charge in [-0.3, -0.25) is 0 Å². The smallest absolute Gasteiger partial charge is 0.376 e. The monoisotopic (exact) mass is 204 g/mol. The van der Waals surface area contributed by atoms with E-state index in [1.807, 2.05) is 0 Å². The first-order chi connectivity index (χ1) is 5.63. The van der Waals surface area contributed by atoms with E-state index in [1.54, 1.807) is 0 Å². The molecule has 2 unspecified atom stereocenters. The lowest BCUT2D eigenvalue weighted by Gasteiger charge is -1.89. The molecule has 1 aromatic heterocycles. The maximum Gasteiger partial charge on any atom is 0.376 e. The van der Waals surface area contributed by atoms with Crippen molar-refractivity contribution in [3.8, 4) is 0 Å². The molecule has 0 aliphatic carbocycles. The minimum Gasteiger partial charge on any atom is -0.589 e. The standard InChI is InChI=1S/C4H2N2O4P2/c7-11(8)3-4(12(9)10)6-2-1-5-3/h1-2H. The van der Waals surface area contributed by atoms with Gasteiger partial charge in [0.05, 0.1) is 12.4 Å². The minimum atomic E-state index is -3.01. The predicted octanol–water partition coefficient (Wildman–Crippen LogP) is -2.07. The second kappa shape index (κ2) is 3.74. The number of aromatic nitrogens is 2. The van der Waals surface area contributed by atoms with Crippen LogP contribution in [0.25, 0.3) is 0 Å². The Bertz CT molecular complexity index is 309. The van der Waals surface area contributed by atoms with Gasteiger partial charge in [0.1, 0.15) is 0 Å². The van der Waals surface area contributed by atoms with Crippen LogP contribution in [0.3, 0.4) is 0 Å². The van der Waals surface area contributed by atoms with Gasteiger partial charge in [-0.15, -0.1) is 0 Å². The average molecular weight is 204 g/mol. The Morgan fingerprint density at radius 2 is 1.33 bits per heavy atom. The quantitative estimate of drug-likeness (QED) is 0.512. The summed E-state index contributed by atoms with van der Waals surface area (Å²) < 4.78 is 20.8. The van der Waals surface area contributed by atoms with Crippen molar-refractivity contribution in [1.82, 2.24) is 9.97 Å². The summed E-state index contributed by atoms with van der Waals surface area (Å²) in [7, 11) is -6.01. The second-order valence-electron chi connectivity index (χ2n) is 1.72. The van der Waals surface area contributed by atoms with Crippen LogP contribution >= 0.6 is 16.1 Å². The summed E-state index contributed by atoms with van der Waals surface area (Å²) in [5.74, 6) is 0. The predicted molar refractivity (Wildman–Crippen MR) is 36.5 cm³/mol. The average Bonchev–Trinajstić information content (AvgIpc) is 2.04. The fraction of sp³-hybridized carbons (Fsp3) is 0. The second-order valence-corrected chi connectivity index (χ2v) is 3.59. The number of hydrogen-bond donors (Lipinski definition) is 0. The van der Waals surface area contributed by atoms with Crippen LogP contribution in [-0.4, -0.2) is 9.97 Å². The molecular weight excluding hydrogens is 202 g/mol. The summed E-state index contributed by atoms with van der Waals surface area (Å²) in [6.07, 6.45) is 2.23.